The summed E-state index contributed by atoms with van der Waals surface area (Å²) in [5.74, 6) is -0.107. The highest BCUT2D eigenvalue weighted by Crippen LogP contribution is 2.25. The van der Waals surface area contributed by atoms with Gasteiger partial charge >= 0.3 is 5.97 Å². The van der Waals surface area contributed by atoms with Crippen LogP contribution in [0.4, 0.5) is 5.69 Å². The number of benzene rings is 1. The number of ether oxygens (including phenoxy) is 1. The summed E-state index contributed by atoms with van der Waals surface area (Å²) in [5.41, 5.74) is 1.80. The topological polar surface area (TPSA) is 105 Å². The summed E-state index contributed by atoms with van der Waals surface area (Å²) in [6, 6.07) is 15.5. The predicted octanol–water partition coefficient (Wildman–Crippen LogP) is 4.12. The van der Waals surface area contributed by atoms with Crippen LogP contribution in [0.1, 0.15) is 22.8 Å². The number of carbonyl (C=O) groups is 2. The summed E-state index contributed by atoms with van der Waals surface area (Å²) in [6.07, 6.45) is 1.54. The van der Waals surface area contributed by atoms with Crippen LogP contribution in [0.15, 0.2) is 64.2 Å². The van der Waals surface area contributed by atoms with Crippen molar-refractivity contribution in [2.75, 3.05) is 17.7 Å². The third-order valence-electron chi connectivity index (χ3n) is 3.75. The number of carbonyl (C=O) groups excluding carboxylic acids is 2. The number of hydrogen-bond acceptors (Lipinski definition) is 7. The highest BCUT2D eigenvalue weighted by molar-refractivity contribution is 8.00. The molecule has 29 heavy (non-hydrogen) atoms. The average molecular weight is 407 g/mol. The highest BCUT2D eigenvalue weighted by Gasteiger charge is 2.13. The van der Waals surface area contributed by atoms with Gasteiger partial charge in [-0.1, -0.05) is 17.8 Å². The standard InChI is InChI=1S/C21H17N3O4S/c1-2-27-21(26)14-5-3-6-16(11-14)23-19(25)13-29-20-15(12-22)8-9-17(24-20)18-7-4-10-28-18/h3-11H,2,13H2,1H3,(H,23,25). The van der Waals surface area contributed by atoms with Crippen molar-refractivity contribution in [3.05, 3.63) is 65.9 Å². The van der Waals surface area contributed by atoms with E-state index in [-0.39, 0.29) is 18.3 Å². The van der Waals surface area contributed by atoms with Crippen LogP contribution < -0.4 is 5.32 Å². The molecule has 0 bridgehead atoms. The fourth-order valence-electron chi connectivity index (χ4n) is 2.47. The molecule has 146 valence electrons. The van der Waals surface area contributed by atoms with E-state index < -0.39 is 5.97 Å². The number of nitrogens with one attached hydrogen (secondary N) is 1. The van der Waals surface area contributed by atoms with Crippen molar-refractivity contribution in [3.8, 4) is 17.5 Å². The Morgan fingerprint density at radius 3 is 2.83 bits per heavy atom. The molecule has 0 radical (unpaired) electrons. The zero-order valence-corrected chi connectivity index (χ0v) is 16.4. The molecule has 7 nitrogen and oxygen atoms in total. The molecule has 1 aromatic carbocycles. The van der Waals surface area contributed by atoms with E-state index in [9.17, 15) is 14.9 Å². The van der Waals surface area contributed by atoms with E-state index in [0.29, 0.717) is 33.3 Å². The minimum absolute atomic E-state index is 0.0485. The van der Waals surface area contributed by atoms with Crippen LogP contribution in [0.3, 0.4) is 0 Å². The van der Waals surface area contributed by atoms with Crippen molar-refractivity contribution >= 4 is 29.3 Å². The second kappa shape index (κ2) is 9.57. The zero-order valence-electron chi connectivity index (χ0n) is 15.5. The minimum Gasteiger partial charge on any atom is -0.463 e. The minimum atomic E-state index is -0.449. The monoisotopic (exact) mass is 407 g/mol. The Hall–Kier alpha value is -3.57. The van der Waals surface area contributed by atoms with E-state index in [1.165, 1.54) is 0 Å². The Balaban J connectivity index is 1.67. The number of rotatable bonds is 7. The lowest BCUT2D eigenvalue weighted by Crippen LogP contribution is -2.15. The van der Waals surface area contributed by atoms with Gasteiger partial charge in [-0.05, 0) is 49.4 Å². The van der Waals surface area contributed by atoms with Crippen molar-refractivity contribution in [3.63, 3.8) is 0 Å². The van der Waals surface area contributed by atoms with Crippen molar-refractivity contribution in [1.82, 2.24) is 4.98 Å². The number of hydrogen-bond donors (Lipinski definition) is 1. The van der Waals surface area contributed by atoms with E-state index >= 15 is 0 Å². The van der Waals surface area contributed by atoms with Gasteiger partial charge in [0.15, 0.2) is 5.76 Å². The Labute approximate surface area is 171 Å². The predicted molar refractivity (Wildman–Crippen MR) is 108 cm³/mol. The van der Waals surface area contributed by atoms with Crippen LogP contribution in [-0.4, -0.2) is 29.2 Å². The number of esters is 1. The first-order valence-electron chi connectivity index (χ1n) is 8.75. The summed E-state index contributed by atoms with van der Waals surface area (Å²) >= 11 is 1.15. The molecule has 0 fully saturated rings. The smallest absolute Gasteiger partial charge is 0.338 e. The maximum absolute atomic E-state index is 12.3. The third-order valence-corrected chi connectivity index (χ3v) is 4.74. The molecular formula is C21H17N3O4S. The summed E-state index contributed by atoms with van der Waals surface area (Å²) in [6.45, 7) is 2.00. The van der Waals surface area contributed by atoms with Gasteiger partial charge in [-0.25, -0.2) is 9.78 Å². The van der Waals surface area contributed by atoms with Gasteiger partial charge in [0.2, 0.25) is 5.91 Å². The molecule has 2 heterocycles. The zero-order chi connectivity index (χ0) is 20.6. The molecule has 1 N–H and O–H groups in total. The van der Waals surface area contributed by atoms with E-state index in [0.717, 1.165) is 11.8 Å². The fraction of sp³-hybridized carbons (Fsp3) is 0.143. The highest BCUT2D eigenvalue weighted by atomic mass is 32.2. The van der Waals surface area contributed by atoms with Gasteiger partial charge in [0.25, 0.3) is 0 Å². The van der Waals surface area contributed by atoms with Crippen molar-refractivity contribution in [2.45, 2.75) is 11.9 Å². The largest absolute Gasteiger partial charge is 0.463 e. The number of aromatic nitrogens is 1. The molecule has 0 aliphatic heterocycles. The number of furan rings is 1. The lowest BCUT2D eigenvalue weighted by atomic mass is 10.2. The molecule has 1 amide bonds. The van der Waals surface area contributed by atoms with Crippen LogP contribution >= 0.6 is 11.8 Å². The van der Waals surface area contributed by atoms with Crippen LogP contribution in [0.2, 0.25) is 0 Å². The maximum Gasteiger partial charge on any atom is 0.338 e. The third kappa shape index (κ3) is 5.24. The van der Waals surface area contributed by atoms with Gasteiger partial charge < -0.3 is 14.5 Å². The van der Waals surface area contributed by atoms with Crippen molar-refractivity contribution in [1.29, 1.82) is 5.26 Å². The molecule has 8 heteroatoms. The Morgan fingerprint density at radius 2 is 2.10 bits per heavy atom. The van der Waals surface area contributed by atoms with E-state index in [1.807, 2.05) is 0 Å². The Bertz CT molecular complexity index is 1060. The quantitative estimate of drug-likeness (QED) is 0.464. The first kappa shape index (κ1) is 20.2. The van der Waals surface area contributed by atoms with Gasteiger partial charge in [-0.2, -0.15) is 5.26 Å². The molecule has 2 aromatic heterocycles. The van der Waals surface area contributed by atoms with E-state index in [1.54, 1.807) is 61.7 Å². The van der Waals surface area contributed by atoms with E-state index in [2.05, 4.69) is 16.4 Å². The number of pyridine rings is 1. The summed E-state index contributed by atoms with van der Waals surface area (Å²) in [7, 11) is 0. The second-order valence-electron chi connectivity index (χ2n) is 5.78. The van der Waals surface area contributed by atoms with Crippen LogP contribution in [-0.2, 0) is 9.53 Å². The van der Waals surface area contributed by atoms with Crippen LogP contribution in [0.25, 0.3) is 11.5 Å². The van der Waals surface area contributed by atoms with Gasteiger partial charge in [0.1, 0.15) is 16.8 Å². The Kier molecular flexibility index (Phi) is 6.66. The molecular weight excluding hydrogens is 390 g/mol. The SMILES string of the molecule is CCOC(=O)c1cccc(NC(=O)CSc2nc(-c3ccco3)ccc2C#N)c1. The maximum atomic E-state index is 12.3. The molecule has 0 atom stereocenters. The average Bonchev–Trinajstić information content (AvgIpc) is 3.27. The fourth-order valence-corrected chi connectivity index (χ4v) is 3.24. The number of nitriles is 1. The summed E-state index contributed by atoms with van der Waals surface area (Å²) in [5, 5.41) is 12.5. The van der Waals surface area contributed by atoms with Crippen LogP contribution in [0, 0.1) is 11.3 Å². The molecule has 0 spiro atoms. The number of thioether (sulfide) groups is 1. The van der Waals surface area contributed by atoms with Crippen LogP contribution in [0.5, 0.6) is 0 Å². The molecule has 0 aliphatic carbocycles. The number of anilines is 1. The molecule has 3 aromatic rings. The summed E-state index contributed by atoms with van der Waals surface area (Å²) < 4.78 is 10.3. The number of amides is 1. The Morgan fingerprint density at radius 1 is 1.24 bits per heavy atom. The lowest BCUT2D eigenvalue weighted by Gasteiger charge is -2.08. The van der Waals surface area contributed by atoms with Crippen molar-refractivity contribution < 1.29 is 18.7 Å². The summed E-state index contributed by atoms with van der Waals surface area (Å²) in [4.78, 5) is 28.6. The van der Waals surface area contributed by atoms with Crippen molar-refractivity contribution in [2.24, 2.45) is 0 Å². The molecule has 0 aliphatic rings. The lowest BCUT2D eigenvalue weighted by molar-refractivity contribution is -0.113. The first-order chi connectivity index (χ1) is 14.1. The second-order valence-corrected chi connectivity index (χ2v) is 6.74. The number of nitrogens with zero attached hydrogens (tertiary/aromatic N) is 2. The molecule has 0 saturated carbocycles. The van der Waals surface area contributed by atoms with Gasteiger partial charge in [0.05, 0.1) is 29.7 Å². The molecule has 0 unspecified atom stereocenters. The van der Waals surface area contributed by atoms with Gasteiger partial charge in [-0.15, -0.1) is 0 Å². The van der Waals surface area contributed by atoms with Gasteiger partial charge in [0, 0.05) is 5.69 Å². The molecule has 0 saturated heterocycles. The van der Waals surface area contributed by atoms with E-state index in [4.69, 9.17) is 9.15 Å². The van der Waals surface area contributed by atoms with Gasteiger partial charge in [-0.3, -0.25) is 4.79 Å². The molecule has 3 rings (SSSR count). The normalized spacial score (nSPS) is 10.2. The first-order valence-corrected chi connectivity index (χ1v) is 9.74.